The van der Waals surface area contributed by atoms with E-state index in [0.717, 1.165) is 6.42 Å². The van der Waals surface area contributed by atoms with Crippen LogP contribution in [0.25, 0.3) is 0 Å². The summed E-state index contributed by atoms with van der Waals surface area (Å²) in [4.78, 5) is 0. The molecule has 2 rings (SSSR count). The minimum absolute atomic E-state index is 0.148. The van der Waals surface area contributed by atoms with Crippen molar-refractivity contribution in [2.24, 2.45) is 0 Å². The summed E-state index contributed by atoms with van der Waals surface area (Å²) < 4.78 is 47.4. The number of halogens is 4. The van der Waals surface area contributed by atoms with Gasteiger partial charge in [0.05, 0.1) is 18.6 Å². The molecule has 1 aromatic rings. The van der Waals surface area contributed by atoms with E-state index >= 15 is 0 Å². The zero-order valence-corrected chi connectivity index (χ0v) is 10.9. The lowest BCUT2D eigenvalue weighted by atomic mass is 10.1. The Balaban J connectivity index is 2.06. The monoisotopic (exact) mass is 294 g/mol. The molecule has 1 aliphatic rings. The van der Waals surface area contributed by atoms with Crippen LogP contribution >= 0.6 is 11.6 Å². The van der Waals surface area contributed by atoms with Crippen molar-refractivity contribution in [3.8, 4) is 11.5 Å². The van der Waals surface area contributed by atoms with E-state index in [1.807, 2.05) is 0 Å². The molecule has 1 aliphatic heterocycles. The van der Waals surface area contributed by atoms with Crippen molar-refractivity contribution in [3.63, 3.8) is 0 Å². The first-order valence-electron chi connectivity index (χ1n) is 6.06. The van der Waals surface area contributed by atoms with Gasteiger partial charge in [-0.3, -0.25) is 0 Å². The van der Waals surface area contributed by atoms with Gasteiger partial charge in [-0.2, -0.15) is 13.2 Å². The van der Waals surface area contributed by atoms with Gasteiger partial charge in [0.2, 0.25) is 0 Å². The molecule has 0 fully saturated rings. The second-order valence-electron chi connectivity index (χ2n) is 4.38. The quantitative estimate of drug-likeness (QED) is 0.766. The highest BCUT2D eigenvalue weighted by atomic mass is 35.5. The minimum atomic E-state index is -4.18. The number of hydrogen-bond acceptors (Lipinski definition) is 2. The first-order valence-corrected chi connectivity index (χ1v) is 6.50. The number of rotatable bonds is 3. The van der Waals surface area contributed by atoms with Gasteiger partial charge in [0.25, 0.3) is 0 Å². The molecule has 106 valence electrons. The van der Waals surface area contributed by atoms with E-state index in [4.69, 9.17) is 21.1 Å². The van der Waals surface area contributed by atoms with E-state index in [0.29, 0.717) is 30.3 Å². The number of alkyl halides is 4. The molecule has 0 N–H and O–H groups in total. The normalized spacial score (nSPS) is 16.8. The Morgan fingerprint density at radius 3 is 2.53 bits per heavy atom. The molecule has 1 heterocycles. The topological polar surface area (TPSA) is 18.5 Å². The fourth-order valence-corrected chi connectivity index (χ4v) is 2.08. The highest BCUT2D eigenvalue weighted by molar-refractivity contribution is 6.20. The Morgan fingerprint density at radius 2 is 1.84 bits per heavy atom. The van der Waals surface area contributed by atoms with Gasteiger partial charge in [-0.15, -0.1) is 11.6 Å². The molecule has 1 atom stereocenters. The van der Waals surface area contributed by atoms with Gasteiger partial charge in [0, 0.05) is 12.8 Å². The van der Waals surface area contributed by atoms with Gasteiger partial charge < -0.3 is 9.47 Å². The first-order chi connectivity index (χ1) is 8.96. The van der Waals surface area contributed by atoms with Crippen LogP contribution in [0.15, 0.2) is 18.2 Å². The lowest BCUT2D eigenvalue weighted by Crippen LogP contribution is -2.08. The Kier molecular flexibility index (Phi) is 4.45. The maximum absolute atomic E-state index is 12.2. The summed E-state index contributed by atoms with van der Waals surface area (Å²) in [7, 11) is 0. The van der Waals surface area contributed by atoms with Crippen molar-refractivity contribution in [1.82, 2.24) is 0 Å². The lowest BCUT2D eigenvalue weighted by molar-refractivity contribution is -0.135. The SMILES string of the molecule is FC(F)(F)CCC(Cl)c1ccc2c(c1)OCCCO2. The van der Waals surface area contributed by atoms with E-state index in [-0.39, 0.29) is 6.42 Å². The number of ether oxygens (including phenoxy) is 2. The van der Waals surface area contributed by atoms with E-state index in [1.165, 1.54) is 0 Å². The third kappa shape index (κ3) is 4.20. The van der Waals surface area contributed by atoms with Crippen molar-refractivity contribution in [1.29, 1.82) is 0 Å². The summed E-state index contributed by atoms with van der Waals surface area (Å²) in [5.74, 6) is 1.16. The second kappa shape index (κ2) is 5.90. The van der Waals surface area contributed by atoms with E-state index in [9.17, 15) is 13.2 Å². The standard InChI is InChI=1S/C13H14ClF3O2/c14-10(4-5-13(15,16)17)9-2-3-11-12(8-9)19-7-1-6-18-11/h2-3,8,10H,1,4-7H2. The molecule has 0 spiro atoms. The zero-order valence-electron chi connectivity index (χ0n) is 10.2. The number of hydrogen-bond donors (Lipinski definition) is 0. The second-order valence-corrected chi connectivity index (χ2v) is 4.90. The van der Waals surface area contributed by atoms with Crippen molar-refractivity contribution >= 4 is 11.6 Å². The van der Waals surface area contributed by atoms with Crippen LogP contribution in [0.4, 0.5) is 13.2 Å². The molecule has 0 radical (unpaired) electrons. The van der Waals surface area contributed by atoms with Crippen molar-refractivity contribution < 1.29 is 22.6 Å². The molecule has 0 bridgehead atoms. The largest absolute Gasteiger partial charge is 0.490 e. The summed E-state index contributed by atoms with van der Waals surface area (Å²) in [6.07, 6.45) is -4.44. The average Bonchev–Trinajstić information content (AvgIpc) is 2.59. The highest BCUT2D eigenvalue weighted by Crippen LogP contribution is 2.37. The fraction of sp³-hybridized carbons (Fsp3) is 0.538. The minimum Gasteiger partial charge on any atom is -0.490 e. The van der Waals surface area contributed by atoms with E-state index in [2.05, 4.69) is 0 Å². The fourth-order valence-electron chi connectivity index (χ4n) is 1.83. The van der Waals surface area contributed by atoms with Crippen LogP contribution in [0.1, 0.15) is 30.2 Å². The van der Waals surface area contributed by atoms with Gasteiger partial charge in [-0.25, -0.2) is 0 Å². The van der Waals surface area contributed by atoms with E-state index < -0.39 is 18.0 Å². The van der Waals surface area contributed by atoms with Gasteiger partial charge in [0.1, 0.15) is 0 Å². The molecule has 0 aliphatic carbocycles. The van der Waals surface area contributed by atoms with E-state index in [1.54, 1.807) is 18.2 Å². The summed E-state index contributed by atoms with van der Waals surface area (Å²) >= 11 is 6.00. The predicted octanol–water partition coefficient (Wildman–Crippen LogP) is 4.47. The Morgan fingerprint density at radius 1 is 1.16 bits per heavy atom. The van der Waals surface area contributed by atoms with Gasteiger partial charge in [-0.05, 0) is 24.1 Å². The average molecular weight is 295 g/mol. The molecule has 0 amide bonds. The molecule has 2 nitrogen and oxygen atoms in total. The highest BCUT2D eigenvalue weighted by Gasteiger charge is 2.28. The molecule has 1 unspecified atom stereocenters. The molecule has 0 saturated carbocycles. The van der Waals surface area contributed by atoms with Crippen LogP contribution in [0.2, 0.25) is 0 Å². The molecule has 19 heavy (non-hydrogen) atoms. The van der Waals surface area contributed by atoms with Gasteiger partial charge in [0.15, 0.2) is 11.5 Å². The molecule has 0 saturated heterocycles. The molecule has 6 heteroatoms. The van der Waals surface area contributed by atoms with Gasteiger partial charge in [-0.1, -0.05) is 6.07 Å². The van der Waals surface area contributed by atoms with Crippen LogP contribution in [-0.4, -0.2) is 19.4 Å². The number of fused-ring (bicyclic) bond motifs is 1. The zero-order chi connectivity index (χ0) is 13.9. The van der Waals surface area contributed by atoms with Crippen LogP contribution < -0.4 is 9.47 Å². The Labute approximate surface area is 114 Å². The third-order valence-electron chi connectivity index (χ3n) is 2.81. The molecular formula is C13H14ClF3O2. The van der Waals surface area contributed by atoms with Crippen molar-refractivity contribution in [2.75, 3.05) is 13.2 Å². The van der Waals surface area contributed by atoms with Crippen LogP contribution in [-0.2, 0) is 0 Å². The lowest BCUT2D eigenvalue weighted by Gasteiger charge is -2.14. The van der Waals surface area contributed by atoms with Crippen LogP contribution in [0.5, 0.6) is 11.5 Å². The first kappa shape index (κ1) is 14.3. The van der Waals surface area contributed by atoms with Gasteiger partial charge >= 0.3 is 6.18 Å². The predicted molar refractivity (Wildman–Crippen MR) is 65.9 cm³/mol. The maximum Gasteiger partial charge on any atom is 0.389 e. The summed E-state index contributed by atoms with van der Waals surface area (Å²) in [6.45, 7) is 1.11. The summed E-state index contributed by atoms with van der Waals surface area (Å²) in [6, 6.07) is 5.04. The van der Waals surface area contributed by atoms with Crippen molar-refractivity contribution in [2.45, 2.75) is 30.8 Å². The Hall–Kier alpha value is -1.10. The molecule has 1 aromatic carbocycles. The van der Waals surface area contributed by atoms with Crippen LogP contribution in [0, 0.1) is 0 Å². The number of benzene rings is 1. The molecule has 0 aromatic heterocycles. The van der Waals surface area contributed by atoms with Crippen LogP contribution in [0.3, 0.4) is 0 Å². The smallest absolute Gasteiger partial charge is 0.389 e. The summed E-state index contributed by atoms with van der Waals surface area (Å²) in [5, 5.41) is -0.682. The third-order valence-corrected chi connectivity index (χ3v) is 3.28. The summed E-state index contributed by atoms with van der Waals surface area (Å²) in [5.41, 5.74) is 0.621. The molecular weight excluding hydrogens is 281 g/mol. The van der Waals surface area contributed by atoms with Crippen molar-refractivity contribution in [3.05, 3.63) is 23.8 Å². The Bertz CT molecular complexity index is 434. The maximum atomic E-state index is 12.2.